The van der Waals surface area contributed by atoms with Gasteiger partial charge in [-0.05, 0) is 20.3 Å². The molecule has 1 fully saturated rings. The number of nitrogens with zero attached hydrogens (tertiary/aromatic N) is 2. The van der Waals surface area contributed by atoms with Crippen molar-refractivity contribution in [3.8, 4) is 0 Å². The molecule has 1 saturated heterocycles. The maximum atomic E-state index is 11.4. The summed E-state index contributed by atoms with van der Waals surface area (Å²) in [5, 5.41) is 3.27. The van der Waals surface area contributed by atoms with Crippen molar-refractivity contribution >= 4 is 40.0 Å². The third kappa shape index (κ3) is 10.5. The molecule has 0 aromatic rings. The number of sulfonamides is 1. The molecule has 150 valence electrons. The van der Waals surface area contributed by atoms with Gasteiger partial charge in [-0.1, -0.05) is 0 Å². The third-order valence-electron chi connectivity index (χ3n) is 3.78. The van der Waals surface area contributed by atoms with Crippen LogP contribution in [0.1, 0.15) is 20.3 Å². The summed E-state index contributed by atoms with van der Waals surface area (Å²) in [6.45, 7) is 8.98. The molecule has 0 aromatic heterocycles. The monoisotopic (exact) mass is 492 g/mol. The topological polar surface area (TPSA) is 92.3 Å². The summed E-state index contributed by atoms with van der Waals surface area (Å²) in [4.78, 5) is 6.73. The standard InChI is InChI=1S/C15H32N4O4S.HI/c1-4-16-15(17-7-8-18-24(20,21)5-2)19-9-6-14(12-19)13-23-11-10-22-3;/h14,18H,4-13H2,1-3H3,(H,16,17);1H. The average Bonchev–Trinajstić information content (AvgIpc) is 3.03. The van der Waals surface area contributed by atoms with Gasteiger partial charge < -0.3 is 19.7 Å². The number of ether oxygens (including phenoxy) is 2. The Kier molecular flexibility index (Phi) is 13.9. The first-order valence-electron chi connectivity index (χ1n) is 8.59. The summed E-state index contributed by atoms with van der Waals surface area (Å²) in [5.74, 6) is 1.42. The van der Waals surface area contributed by atoms with Crippen molar-refractivity contribution in [2.45, 2.75) is 20.3 Å². The molecule has 1 atom stereocenters. The van der Waals surface area contributed by atoms with Crippen molar-refractivity contribution in [1.29, 1.82) is 0 Å². The van der Waals surface area contributed by atoms with E-state index >= 15 is 0 Å². The molecule has 0 aliphatic carbocycles. The lowest BCUT2D eigenvalue weighted by atomic mass is 10.1. The molecule has 0 amide bonds. The van der Waals surface area contributed by atoms with E-state index in [1.54, 1.807) is 14.0 Å². The Morgan fingerprint density at radius 3 is 2.72 bits per heavy atom. The van der Waals surface area contributed by atoms with Gasteiger partial charge >= 0.3 is 0 Å². The third-order valence-corrected chi connectivity index (χ3v) is 5.19. The molecule has 0 radical (unpaired) electrons. The van der Waals surface area contributed by atoms with Crippen molar-refractivity contribution in [2.24, 2.45) is 10.9 Å². The first-order valence-corrected chi connectivity index (χ1v) is 10.2. The van der Waals surface area contributed by atoms with Gasteiger partial charge in [0.25, 0.3) is 0 Å². The van der Waals surface area contributed by atoms with Crippen molar-refractivity contribution in [3.05, 3.63) is 0 Å². The Hall–Kier alpha value is -0.170. The van der Waals surface area contributed by atoms with Crippen LogP contribution in [-0.2, 0) is 19.5 Å². The van der Waals surface area contributed by atoms with E-state index in [9.17, 15) is 8.42 Å². The molecule has 1 aliphatic rings. The molecule has 1 rings (SSSR count). The average molecular weight is 492 g/mol. The van der Waals surface area contributed by atoms with Crippen LogP contribution in [0.4, 0.5) is 0 Å². The molecule has 0 bridgehead atoms. The number of nitrogens with one attached hydrogen (secondary N) is 2. The number of hydrogen-bond donors (Lipinski definition) is 2. The van der Waals surface area contributed by atoms with Crippen LogP contribution in [0, 0.1) is 5.92 Å². The lowest BCUT2D eigenvalue weighted by molar-refractivity contribution is 0.0536. The van der Waals surface area contributed by atoms with E-state index in [-0.39, 0.29) is 29.7 Å². The Labute approximate surface area is 169 Å². The Bertz CT molecular complexity index is 476. The number of halogens is 1. The Morgan fingerprint density at radius 1 is 1.32 bits per heavy atom. The highest BCUT2D eigenvalue weighted by molar-refractivity contribution is 14.0. The van der Waals surface area contributed by atoms with E-state index in [4.69, 9.17) is 9.47 Å². The van der Waals surface area contributed by atoms with Crippen molar-refractivity contribution < 1.29 is 17.9 Å². The molecule has 0 spiro atoms. The molecule has 0 aromatic carbocycles. The van der Waals surface area contributed by atoms with Gasteiger partial charge in [-0.2, -0.15) is 0 Å². The fraction of sp³-hybridized carbons (Fsp3) is 0.933. The van der Waals surface area contributed by atoms with Crippen LogP contribution in [0.25, 0.3) is 0 Å². The van der Waals surface area contributed by atoms with E-state index < -0.39 is 10.0 Å². The van der Waals surface area contributed by atoms with Gasteiger partial charge in [0, 0.05) is 39.2 Å². The van der Waals surface area contributed by atoms with E-state index in [1.165, 1.54) is 0 Å². The number of hydrogen-bond acceptors (Lipinski definition) is 5. The highest BCUT2D eigenvalue weighted by atomic mass is 127. The minimum Gasteiger partial charge on any atom is -0.382 e. The zero-order chi connectivity index (χ0) is 17.8. The predicted octanol–water partition coefficient (Wildman–Crippen LogP) is 0.494. The van der Waals surface area contributed by atoms with Crippen LogP contribution in [0.5, 0.6) is 0 Å². The molecule has 1 unspecified atom stereocenters. The van der Waals surface area contributed by atoms with Gasteiger partial charge in [-0.3, -0.25) is 4.99 Å². The summed E-state index contributed by atoms with van der Waals surface area (Å²) in [6.07, 6.45) is 1.07. The molecular formula is C15H33IN4O4S. The van der Waals surface area contributed by atoms with Crippen molar-refractivity contribution in [3.63, 3.8) is 0 Å². The normalized spacial score (nSPS) is 18.3. The Balaban J connectivity index is 0.00000576. The quantitative estimate of drug-likeness (QED) is 0.189. The molecular weight excluding hydrogens is 459 g/mol. The van der Waals surface area contributed by atoms with E-state index in [0.29, 0.717) is 32.2 Å². The van der Waals surface area contributed by atoms with Gasteiger partial charge in [0.15, 0.2) is 5.96 Å². The molecule has 8 nitrogen and oxygen atoms in total. The van der Waals surface area contributed by atoms with Crippen LogP contribution < -0.4 is 10.0 Å². The number of aliphatic imine (C=N–C) groups is 1. The van der Waals surface area contributed by atoms with E-state index in [1.807, 2.05) is 6.92 Å². The van der Waals surface area contributed by atoms with Crippen molar-refractivity contribution in [2.75, 3.05) is 65.4 Å². The molecule has 10 heteroatoms. The summed E-state index contributed by atoms with van der Waals surface area (Å²) in [5.41, 5.74) is 0. The largest absolute Gasteiger partial charge is 0.382 e. The number of guanidine groups is 1. The smallest absolute Gasteiger partial charge is 0.211 e. The number of likely N-dealkylation sites (tertiary alicyclic amines) is 1. The second-order valence-electron chi connectivity index (χ2n) is 5.70. The lowest BCUT2D eigenvalue weighted by Gasteiger charge is -2.21. The predicted molar refractivity (Wildman–Crippen MR) is 111 cm³/mol. The zero-order valence-corrected chi connectivity index (χ0v) is 18.6. The summed E-state index contributed by atoms with van der Waals surface area (Å²) < 4.78 is 35.9. The van der Waals surface area contributed by atoms with E-state index in [0.717, 1.165) is 38.6 Å². The molecule has 2 N–H and O–H groups in total. The van der Waals surface area contributed by atoms with Gasteiger partial charge in [0.1, 0.15) is 0 Å². The number of methoxy groups -OCH3 is 1. The highest BCUT2D eigenvalue weighted by Gasteiger charge is 2.24. The van der Waals surface area contributed by atoms with Gasteiger partial charge in [-0.15, -0.1) is 24.0 Å². The molecule has 0 saturated carbocycles. The molecule has 25 heavy (non-hydrogen) atoms. The molecule has 1 aliphatic heterocycles. The maximum Gasteiger partial charge on any atom is 0.211 e. The van der Waals surface area contributed by atoms with Crippen LogP contribution in [-0.4, -0.2) is 84.7 Å². The fourth-order valence-corrected chi connectivity index (χ4v) is 3.05. The first-order chi connectivity index (χ1) is 11.5. The van der Waals surface area contributed by atoms with Crippen LogP contribution >= 0.6 is 24.0 Å². The summed E-state index contributed by atoms with van der Waals surface area (Å²) >= 11 is 0. The zero-order valence-electron chi connectivity index (χ0n) is 15.5. The highest BCUT2D eigenvalue weighted by Crippen LogP contribution is 2.16. The maximum absolute atomic E-state index is 11.4. The van der Waals surface area contributed by atoms with E-state index in [2.05, 4.69) is 19.9 Å². The molecule has 1 heterocycles. The first kappa shape index (κ1) is 24.8. The second-order valence-corrected chi connectivity index (χ2v) is 7.80. The van der Waals surface area contributed by atoms with Crippen LogP contribution in [0.15, 0.2) is 4.99 Å². The van der Waals surface area contributed by atoms with Gasteiger partial charge in [0.05, 0.1) is 32.1 Å². The summed E-state index contributed by atoms with van der Waals surface area (Å²) in [6, 6.07) is 0. The minimum atomic E-state index is -3.15. The lowest BCUT2D eigenvalue weighted by Crippen LogP contribution is -2.41. The van der Waals surface area contributed by atoms with Crippen molar-refractivity contribution in [1.82, 2.24) is 14.9 Å². The van der Waals surface area contributed by atoms with Crippen LogP contribution in [0.3, 0.4) is 0 Å². The minimum absolute atomic E-state index is 0. The SMILES string of the molecule is CCNC(=NCCNS(=O)(=O)CC)N1CCC(COCCOC)C1.I. The van der Waals surface area contributed by atoms with Gasteiger partial charge in [0.2, 0.25) is 10.0 Å². The summed E-state index contributed by atoms with van der Waals surface area (Å²) in [7, 11) is -1.49. The number of rotatable bonds is 11. The Morgan fingerprint density at radius 2 is 2.08 bits per heavy atom. The fourth-order valence-electron chi connectivity index (χ4n) is 2.44. The van der Waals surface area contributed by atoms with Crippen LogP contribution in [0.2, 0.25) is 0 Å². The van der Waals surface area contributed by atoms with Gasteiger partial charge in [-0.25, -0.2) is 13.1 Å². The second kappa shape index (κ2) is 14.0.